The highest BCUT2D eigenvalue weighted by Crippen LogP contribution is 2.22. The van der Waals surface area contributed by atoms with E-state index >= 15 is 0 Å². The second-order valence-electron chi connectivity index (χ2n) is 8.15. The first kappa shape index (κ1) is 23.5. The van der Waals surface area contributed by atoms with Crippen molar-refractivity contribution in [3.05, 3.63) is 29.3 Å². The van der Waals surface area contributed by atoms with Gasteiger partial charge in [0.15, 0.2) is 5.96 Å². The quantitative estimate of drug-likeness (QED) is 0.357. The van der Waals surface area contributed by atoms with Crippen molar-refractivity contribution in [2.24, 2.45) is 4.99 Å². The van der Waals surface area contributed by atoms with Crippen molar-refractivity contribution in [3.8, 4) is 5.75 Å². The summed E-state index contributed by atoms with van der Waals surface area (Å²) in [5.41, 5.74) is 2.38. The van der Waals surface area contributed by atoms with Gasteiger partial charge in [-0.15, -0.1) is 0 Å². The molecule has 0 aliphatic carbocycles. The largest absolute Gasteiger partial charge is 0.490 e. The van der Waals surface area contributed by atoms with Gasteiger partial charge in [0.2, 0.25) is 0 Å². The molecule has 6 heteroatoms. The third-order valence-corrected chi connectivity index (χ3v) is 5.59. The van der Waals surface area contributed by atoms with E-state index in [9.17, 15) is 0 Å². The summed E-state index contributed by atoms with van der Waals surface area (Å²) in [6.07, 6.45) is 3.59. The number of aryl methyl sites for hydroxylation is 1. The fraction of sp³-hybridized carbons (Fsp3) is 0.696. The van der Waals surface area contributed by atoms with E-state index in [0.29, 0.717) is 6.54 Å². The molecule has 0 saturated carbocycles. The average Bonchev–Trinajstić information content (AvgIpc) is 2.72. The van der Waals surface area contributed by atoms with Gasteiger partial charge in [0.25, 0.3) is 0 Å². The SMILES string of the molecule is CCC(C)Oc1cc(C)ccc1CNC(=NC)NCCCCN1CCN(C)CC1. The highest BCUT2D eigenvalue weighted by molar-refractivity contribution is 5.79. The number of hydrogen-bond acceptors (Lipinski definition) is 4. The number of guanidine groups is 1. The van der Waals surface area contributed by atoms with Crippen molar-refractivity contribution in [1.82, 2.24) is 20.4 Å². The van der Waals surface area contributed by atoms with Crippen LogP contribution >= 0.6 is 0 Å². The third kappa shape index (κ3) is 8.62. The number of unbranched alkanes of at least 4 members (excludes halogenated alkanes) is 1. The predicted octanol–water partition coefficient (Wildman–Crippen LogP) is 2.86. The van der Waals surface area contributed by atoms with Crippen molar-refractivity contribution in [3.63, 3.8) is 0 Å². The van der Waals surface area contributed by atoms with Crippen LogP contribution in [0.25, 0.3) is 0 Å². The van der Waals surface area contributed by atoms with E-state index in [1.807, 2.05) is 7.05 Å². The second-order valence-corrected chi connectivity index (χ2v) is 8.15. The molecule has 1 unspecified atom stereocenters. The van der Waals surface area contributed by atoms with Crippen LogP contribution in [0.3, 0.4) is 0 Å². The molecular weight excluding hydrogens is 362 g/mol. The normalized spacial score (nSPS) is 17.2. The number of aliphatic imine (C=N–C) groups is 1. The third-order valence-electron chi connectivity index (χ3n) is 5.59. The Morgan fingerprint density at radius 1 is 1.17 bits per heavy atom. The summed E-state index contributed by atoms with van der Waals surface area (Å²) >= 11 is 0. The van der Waals surface area contributed by atoms with E-state index in [1.165, 1.54) is 44.7 Å². The van der Waals surface area contributed by atoms with Gasteiger partial charge in [0.05, 0.1) is 6.10 Å². The van der Waals surface area contributed by atoms with Crippen molar-refractivity contribution < 1.29 is 4.74 Å². The summed E-state index contributed by atoms with van der Waals surface area (Å²) < 4.78 is 6.11. The highest BCUT2D eigenvalue weighted by atomic mass is 16.5. The molecule has 1 aliphatic heterocycles. The lowest BCUT2D eigenvalue weighted by molar-refractivity contribution is 0.152. The monoisotopic (exact) mass is 403 g/mol. The predicted molar refractivity (Wildman–Crippen MR) is 123 cm³/mol. The van der Waals surface area contributed by atoms with E-state index < -0.39 is 0 Å². The molecule has 164 valence electrons. The summed E-state index contributed by atoms with van der Waals surface area (Å²) in [4.78, 5) is 9.34. The second kappa shape index (κ2) is 12.7. The van der Waals surface area contributed by atoms with Crippen molar-refractivity contribution in [1.29, 1.82) is 0 Å². The number of benzene rings is 1. The zero-order valence-corrected chi connectivity index (χ0v) is 19.1. The smallest absolute Gasteiger partial charge is 0.191 e. The molecule has 0 spiro atoms. The molecule has 2 N–H and O–H groups in total. The molecule has 1 fully saturated rings. The van der Waals surface area contributed by atoms with E-state index in [0.717, 1.165) is 36.7 Å². The molecule has 1 heterocycles. The fourth-order valence-electron chi connectivity index (χ4n) is 3.36. The lowest BCUT2D eigenvalue weighted by Crippen LogP contribution is -2.44. The van der Waals surface area contributed by atoms with Gasteiger partial charge in [-0.05, 0) is 58.3 Å². The number of likely N-dealkylation sites (N-methyl/N-ethyl adjacent to an activating group) is 1. The molecule has 1 saturated heterocycles. The van der Waals surface area contributed by atoms with Gasteiger partial charge in [0, 0.05) is 51.9 Å². The lowest BCUT2D eigenvalue weighted by atomic mass is 10.1. The topological polar surface area (TPSA) is 52.1 Å². The van der Waals surface area contributed by atoms with E-state index in [2.05, 4.69) is 71.4 Å². The molecular formula is C23H41N5O. The van der Waals surface area contributed by atoms with Gasteiger partial charge in [-0.3, -0.25) is 4.99 Å². The number of rotatable bonds is 10. The van der Waals surface area contributed by atoms with Gasteiger partial charge in [0.1, 0.15) is 5.75 Å². The first-order valence-electron chi connectivity index (χ1n) is 11.1. The van der Waals surface area contributed by atoms with E-state index in [-0.39, 0.29) is 6.10 Å². The number of ether oxygens (including phenoxy) is 1. The highest BCUT2D eigenvalue weighted by Gasteiger charge is 2.13. The van der Waals surface area contributed by atoms with Crippen LogP contribution in [0.4, 0.5) is 0 Å². The molecule has 1 aromatic rings. The van der Waals surface area contributed by atoms with Crippen LogP contribution in [0, 0.1) is 6.92 Å². The van der Waals surface area contributed by atoms with Gasteiger partial charge in [-0.2, -0.15) is 0 Å². The maximum Gasteiger partial charge on any atom is 0.191 e. The Morgan fingerprint density at radius 2 is 1.93 bits per heavy atom. The minimum Gasteiger partial charge on any atom is -0.490 e. The van der Waals surface area contributed by atoms with Crippen LogP contribution in [0.15, 0.2) is 23.2 Å². The molecule has 0 bridgehead atoms. The number of hydrogen-bond donors (Lipinski definition) is 2. The molecule has 6 nitrogen and oxygen atoms in total. The Hall–Kier alpha value is -1.79. The summed E-state index contributed by atoms with van der Waals surface area (Å²) in [6.45, 7) is 14.0. The minimum atomic E-state index is 0.216. The molecule has 0 aromatic heterocycles. The molecule has 1 aromatic carbocycles. The first-order valence-corrected chi connectivity index (χ1v) is 11.1. The standard InChI is InChI=1S/C23H41N5O/c1-6-20(3)29-22-17-19(2)9-10-21(22)18-26-23(24-4)25-11-7-8-12-28-15-13-27(5)14-16-28/h9-10,17,20H,6-8,11-16,18H2,1-5H3,(H2,24,25,26). The Bertz CT molecular complexity index is 626. The summed E-state index contributed by atoms with van der Waals surface area (Å²) in [7, 11) is 4.03. The number of nitrogens with zero attached hydrogens (tertiary/aromatic N) is 3. The molecule has 0 radical (unpaired) electrons. The Kier molecular flexibility index (Phi) is 10.3. The molecule has 2 rings (SSSR count). The maximum absolute atomic E-state index is 6.11. The summed E-state index contributed by atoms with van der Waals surface area (Å²) in [5.74, 6) is 1.81. The molecule has 29 heavy (non-hydrogen) atoms. The van der Waals surface area contributed by atoms with Gasteiger partial charge < -0.3 is 25.2 Å². The van der Waals surface area contributed by atoms with Crippen LogP contribution < -0.4 is 15.4 Å². The number of piperazine rings is 1. The Labute approximate surface area is 177 Å². The fourth-order valence-corrected chi connectivity index (χ4v) is 3.36. The van der Waals surface area contributed by atoms with Gasteiger partial charge >= 0.3 is 0 Å². The minimum absolute atomic E-state index is 0.216. The van der Waals surface area contributed by atoms with Crippen LogP contribution in [0.2, 0.25) is 0 Å². The van der Waals surface area contributed by atoms with E-state index in [4.69, 9.17) is 4.74 Å². The van der Waals surface area contributed by atoms with E-state index in [1.54, 1.807) is 0 Å². The maximum atomic E-state index is 6.11. The van der Waals surface area contributed by atoms with Crippen molar-refractivity contribution in [2.75, 3.05) is 53.4 Å². The van der Waals surface area contributed by atoms with Crippen LogP contribution in [0.1, 0.15) is 44.2 Å². The number of nitrogens with one attached hydrogen (secondary N) is 2. The van der Waals surface area contributed by atoms with Crippen LogP contribution in [-0.4, -0.2) is 75.2 Å². The van der Waals surface area contributed by atoms with Crippen molar-refractivity contribution in [2.45, 2.75) is 52.7 Å². The first-order chi connectivity index (χ1) is 14.0. The molecule has 1 aliphatic rings. The van der Waals surface area contributed by atoms with Crippen molar-refractivity contribution >= 4 is 5.96 Å². The lowest BCUT2D eigenvalue weighted by Gasteiger charge is -2.32. The zero-order valence-electron chi connectivity index (χ0n) is 19.1. The summed E-state index contributed by atoms with van der Waals surface area (Å²) in [5, 5.41) is 6.86. The van der Waals surface area contributed by atoms with Crippen LogP contribution in [-0.2, 0) is 6.54 Å². The molecule has 0 amide bonds. The Balaban J connectivity index is 1.71. The van der Waals surface area contributed by atoms with Gasteiger partial charge in [-0.1, -0.05) is 19.1 Å². The average molecular weight is 404 g/mol. The summed E-state index contributed by atoms with van der Waals surface area (Å²) in [6, 6.07) is 6.40. The van der Waals surface area contributed by atoms with Gasteiger partial charge in [-0.25, -0.2) is 0 Å². The van der Waals surface area contributed by atoms with Crippen LogP contribution in [0.5, 0.6) is 5.75 Å². The molecule has 1 atom stereocenters. The Morgan fingerprint density at radius 3 is 2.62 bits per heavy atom. The zero-order chi connectivity index (χ0) is 21.1.